The summed E-state index contributed by atoms with van der Waals surface area (Å²) in [6.45, 7) is 1.42. The van der Waals surface area contributed by atoms with Gasteiger partial charge in [0, 0.05) is 17.2 Å². The molecule has 1 N–H and O–H groups in total. The molecule has 1 aliphatic carbocycles. The molecule has 4 nitrogen and oxygen atoms in total. The SMILES string of the molecule is CC(=O)c1cccc(C(=S)N(CC(=O)O)C2CCCC2)c1. The van der Waals surface area contributed by atoms with E-state index in [-0.39, 0.29) is 18.4 Å². The number of ketones is 1. The van der Waals surface area contributed by atoms with E-state index in [9.17, 15) is 9.59 Å². The van der Waals surface area contributed by atoms with Gasteiger partial charge in [-0.2, -0.15) is 0 Å². The Kier molecular flexibility index (Phi) is 5.07. The zero-order chi connectivity index (χ0) is 15.4. The summed E-state index contributed by atoms with van der Waals surface area (Å²) in [6, 6.07) is 7.29. The standard InChI is InChI=1S/C16H19NO3S/c1-11(18)12-5-4-6-13(9-12)16(21)17(10-15(19)20)14-7-2-3-8-14/h4-6,9,14H,2-3,7-8,10H2,1H3,(H,19,20). The number of Topliss-reactive ketones (excluding diaryl/α,β-unsaturated/α-hetero) is 1. The second kappa shape index (κ2) is 6.80. The van der Waals surface area contributed by atoms with E-state index < -0.39 is 5.97 Å². The third kappa shape index (κ3) is 3.88. The minimum atomic E-state index is -0.882. The molecule has 21 heavy (non-hydrogen) atoms. The van der Waals surface area contributed by atoms with E-state index in [1.165, 1.54) is 6.92 Å². The van der Waals surface area contributed by atoms with Gasteiger partial charge in [-0.05, 0) is 25.8 Å². The van der Waals surface area contributed by atoms with Crippen molar-refractivity contribution in [3.05, 3.63) is 35.4 Å². The van der Waals surface area contributed by atoms with Crippen LogP contribution in [0.3, 0.4) is 0 Å². The van der Waals surface area contributed by atoms with Crippen LogP contribution >= 0.6 is 12.2 Å². The van der Waals surface area contributed by atoms with Gasteiger partial charge < -0.3 is 10.0 Å². The molecule has 0 heterocycles. The number of nitrogens with zero attached hydrogens (tertiary/aromatic N) is 1. The lowest BCUT2D eigenvalue weighted by molar-refractivity contribution is -0.137. The van der Waals surface area contributed by atoms with Gasteiger partial charge in [-0.3, -0.25) is 9.59 Å². The molecule has 1 aromatic carbocycles. The third-order valence-corrected chi connectivity index (χ3v) is 4.32. The molecule has 0 unspecified atom stereocenters. The van der Waals surface area contributed by atoms with Crippen molar-refractivity contribution in [1.82, 2.24) is 4.90 Å². The van der Waals surface area contributed by atoms with Crippen LogP contribution in [-0.4, -0.2) is 39.3 Å². The Morgan fingerprint density at radius 1 is 1.29 bits per heavy atom. The smallest absolute Gasteiger partial charge is 0.323 e. The summed E-state index contributed by atoms with van der Waals surface area (Å²) < 4.78 is 0. The zero-order valence-corrected chi connectivity index (χ0v) is 12.9. The number of carbonyl (C=O) groups is 2. The molecular formula is C16H19NO3S. The van der Waals surface area contributed by atoms with Gasteiger partial charge in [0.1, 0.15) is 11.5 Å². The average molecular weight is 305 g/mol. The van der Waals surface area contributed by atoms with Crippen molar-refractivity contribution in [2.45, 2.75) is 38.6 Å². The van der Waals surface area contributed by atoms with Crippen LogP contribution in [0.4, 0.5) is 0 Å². The predicted octanol–water partition coefficient (Wildman–Crippen LogP) is 2.89. The maximum Gasteiger partial charge on any atom is 0.323 e. The van der Waals surface area contributed by atoms with Gasteiger partial charge in [-0.25, -0.2) is 0 Å². The molecule has 2 rings (SSSR count). The number of aliphatic carboxylic acids is 1. The molecule has 0 radical (unpaired) electrons. The van der Waals surface area contributed by atoms with Gasteiger partial charge in [0.15, 0.2) is 5.78 Å². The second-order valence-corrected chi connectivity index (χ2v) is 5.79. The van der Waals surface area contributed by atoms with Crippen molar-refractivity contribution >= 4 is 29.0 Å². The Hall–Kier alpha value is -1.75. The van der Waals surface area contributed by atoms with Crippen LogP contribution in [0.25, 0.3) is 0 Å². The van der Waals surface area contributed by atoms with E-state index in [0.29, 0.717) is 10.6 Å². The lowest BCUT2D eigenvalue weighted by Gasteiger charge is -2.30. The quantitative estimate of drug-likeness (QED) is 0.669. The highest BCUT2D eigenvalue weighted by molar-refractivity contribution is 7.80. The van der Waals surface area contributed by atoms with Crippen molar-refractivity contribution in [2.24, 2.45) is 0 Å². The average Bonchev–Trinajstić information content (AvgIpc) is 2.98. The number of hydrogen-bond acceptors (Lipinski definition) is 3. The van der Waals surface area contributed by atoms with Crippen LogP contribution in [0, 0.1) is 0 Å². The summed E-state index contributed by atoms with van der Waals surface area (Å²) in [4.78, 5) is 24.9. The van der Waals surface area contributed by atoms with E-state index >= 15 is 0 Å². The molecule has 5 heteroatoms. The van der Waals surface area contributed by atoms with Gasteiger partial charge in [-0.15, -0.1) is 0 Å². The van der Waals surface area contributed by atoms with Gasteiger partial charge in [-0.1, -0.05) is 43.3 Å². The first kappa shape index (κ1) is 15.6. The van der Waals surface area contributed by atoms with Crippen molar-refractivity contribution in [3.8, 4) is 0 Å². The number of carbonyl (C=O) groups excluding carboxylic acids is 1. The predicted molar refractivity (Wildman–Crippen MR) is 84.7 cm³/mol. The zero-order valence-electron chi connectivity index (χ0n) is 12.0. The van der Waals surface area contributed by atoms with E-state index in [1.54, 1.807) is 23.1 Å². The second-order valence-electron chi connectivity index (χ2n) is 5.40. The molecular weight excluding hydrogens is 286 g/mol. The normalized spacial score (nSPS) is 14.9. The molecule has 112 valence electrons. The largest absolute Gasteiger partial charge is 0.480 e. The van der Waals surface area contributed by atoms with Crippen molar-refractivity contribution in [3.63, 3.8) is 0 Å². The van der Waals surface area contributed by atoms with Crippen LogP contribution in [0.5, 0.6) is 0 Å². The molecule has 0 atom stereocenters. The molecule has 0 amide bonds. The Labute approximate surface area is 129 Å². The maximum absolute atomic E-state index is 11.5. The van der Waals surface area contributed by atoms with Crippen LogP contribution in [0.2, 0.25) is 0 Å². The van der Waals surface area contributed by atoms with Gasteiger partial charge >= 0.3 is 5.97 Å². The molecule has 1 aromatic rings. The highest BCUT2D eigenvalue weighted by Gasteiger charge is 2.27. The molecule has 1 saturated carbocycles. The fourth-order valence-corrected chi connectivity index (χ4v) is 3.11. The summed E-state index contributed by atoms with van der Waals surface area (Å²) >= 11 is 5.49. The van der Waals surface area contributed by atoms with E-state index in [0.717, 1.165) is 31.2 Å². The summed E-state index contributed by atoms with van der Waals surface area (Å²) in [7, 11) is 0. The summed E-state index contributed by atoms with van der Waals surface area (Å²) in [5.41, 5.74) is 1.34. The molecule has 1 aliphatic rings. The molecule has 0 saturated heterocycles. The van der Waals surface area contributed by atoms with Crippen molar-refractivity contribution < 1.29 is 14.7 Å². The number of thiocarbonyl (C=S) groups is 1. The summed E-state index contributed by atoms with van der Waals surface area (Å²) in [5, 5.41) is 9.13. The third-order valence-electron chi connectivity index (χ3n) is 3.85. The lowest BCUT2D eigenvalue weighted by atomic mass is 10.1. The first-order valence-corrected chi connectivity index (χ1v) is 7.53. The maximum atomic E-state index is 11.5. The fourth-order valence-electron chi connectivity index (χ4n) is 2.77. The van der Waals surface area contributed by atoms with Gasteiger partial charge in [0.05, 0.1) is 0 Å². The van der Waals surface area contributed by atoms with E-state index in [2.05, 4.69) is 0 Å². The number of carboxylic acids is 1. The summed E-state index contributed by atoms with van der Waals surface area (Å²) in [6.07, 6.45) is 4.16. The minimum absolute atomic E-state index is 0.0229. The first-order valence-electron chi connectivity index (χ1n) is 7.13. The lowest BCUT2D eigenvalue weighted by Crippen LogP contribution is -2.41. The molecule has 1 fully saturated rings. The molecule has 0 bridgehead atoms. The Bertz CT molecular complexity index is 564. The highest BCUT2D eigenvalue weighted by atomic mass is 32.1. The molecule has 0 aromatic heterocycles. The van der Waals surface area contributed by atoms with Crippen LogP contribution in [0.15, 0.2) is 24.3 Å². The number of benzene rings is 1. The highest BCUT2D eigenvalue weighted by Crippen LogP contribution is 2.25. The number of carboxylic acid groups (broad SMARTS) is 1. The number of hydrogen-bond donors (Lipinski definition) is 1. The fraction of sp³-hybridized carbons (Fsp3) is 0.438. The van der Waals surface area contributed by atoms with E-state index in [4.69, 9.17) is 17.3 Å². The van der Waals surface area contributed by atoms with Crippen LogP contribution < -0.4 is 0 Å². The van der Waals surface area contributed by atoms with Gasteiger partial charge in [0.25, 0.3) is 0 Å². The number of rotatable bonds is 5. The molecule has 0 aliphatic heterocycles. The Morgan fingerprint density at radius 3 is 2.48 bits per heavy atom. The Morgan fingerprint density at radius 2 is 1.90 bits per heavy atom. The van der Waals surface area contributed by atoms with Gasteiger partial charge in [0.2, 0.25) is 0 Å². The topological polar surface area (TPSA) is 57.6 Å². The van der Waals surface area contributed by atoms with Crippen LogP contribution in [0.1, 0.15) is 48.5 Å². The monoisotopic (exact) mass is 305 g/mol. The van der Waals surface area contributed by atoms with E-state index in [1.807, 2.05) is 6.07 Å². The van der Waals surface area contributed by atoms with Crippen LogP contribution in [-0.2, 0) is 4.79 Å². The minimum Gasteiger partial charge on any atom is -0.480 e. The first-order chi connectivity index (χ1) is 9.99. The van der Waals surface area contributed by atoms with Crippen molar-refractivity contribution in [1.29, 1.82) is 0 Å². The molecule has 0 spiro atoms. The Balaban J connectivity index is 2.26. The summed E-state index contributed by atoms with van der Waals surface area (Å²) in [5.74, 6) is -0.905. The van der Waals surface area contributed by atoms with Crippen molar-refractivity contribution in [2.75, 3.05) is 6.54 Å².